The summed E-state index contributed by atoms with van der Waals surface area (Å²) in [5, 5.41) is 3.46. The summed E-state index contributed by atoms with van der Waals surface area (Å²) in [4.78, 5) is 27.9. The number of nitrogens with zero attached hydrogens (tertiary/aromatic N) is 2. The van der Waals surface area contributed by atoms with Crippen LogP contribution in [0.25, 0.3) is 0 Å². The average molecular weight is 494 g/mol. The van der Waals surface area contributed by atoms with E-state index in [1.165, 1.54) is 4.90 Å². The van der Waals surface area contributed by atoms with E-state index in [2.05, 4.69) is 5.32 Å². The van der Waals surface area contributed by atoms with Crippen LogP contribution < -0.4 is 9.62 Å². The number of para-hydroxylation sites is 1. The summed E-state index contributed by atoms with van der Waals surface area (Å²) in [6.07, 6.45) is 3.22. The molecule has 0 radical (unpaired) electrons. The van der Waals surface area contributed by atoms with Gasteiger partial charge in [-0.05, 0) is 42.7 Å². The number of nitrogens with one attached hydrogen (secondary N) is 1. The number of halogens is 1. The maximum Gasteiger partial charge on any atom is 0.244 e. The van der Waals surface area contributed by atoms with Crippen LogP contribution in [0, 0.1) is 0 Å². The SMILES string of the molecule is CCCCNC(=O)[C@H](CC)N(Cc1ccc(Cl)cc1)C(=O)CN(c1ccccc1)S(C)(=O)=O. The molecular weight excluding hydrogens is 462 g/mol. The van der Waals surface area contributed by atoms with Gasteiger partial charge in [-0.3, -0.25) is 13.9 Å². The third-order valence-electron chi connectivity index (χ3n) is 5.21. The molecule has 0 bridgehead atoms. The van der Waals surface area contributed by atoms with E-state index in [1.54, 1.807) is 54.6 Å². The van der Waals surface area contributed by atoms with Crippen LogP contribution in [0.4, 0.5) is 5.69 Å². The fraction of sp³-hybridized carbons (Fsp3) is 0.417. The molecule has 2 rings (SSSR count). The lowest BCUT2D eigenvalue weighted by atomic mass is 10.1. The number of hydrogen-bond acceptors (Lipinski definition) is 4. The Bertz CT molecular complexity index is 1010. The highest BCUT2D eigenvalue weighted by Crippen LogP contribution is 2.20. The Morgan fingerprint density at radius 2 is 1.67 bits per heavy atom. The van der Waals surface area contributed by atoms with Crippen molar-refractivity contribution in [2.75, 3.05) is 23.7 Å². The Balaban J connectivity index is 2.36. The highest BCUT2D eigenvalue weighted by Gasteiger charge is 2.31. The Kier molecular flexibility index (Phi) is 10.2. The highest BCUT2D eigenvalue weighted by atomic mass is 35.5. The number of hydrogen-bond donors (Lipinski definition) is 1. The summed E-state index contributed by atoms with van der Waals surface area (Å²) in [5.74, 6) is -0.712. The van der Waals surface area contributed by atoms with E-state index in [0.717, 1.165) is 29.0 Å². The second-order valence-electron chi connectivity index (χ2n) is 7.82. The maximum absolute atomic E-state index is 13.5. The predicted molar refractivity (Wildman–Crippen MR) is 133 cm³/mol. The molecule has 0 fully saturated rings. The van der Waals surface area contributed by atoms with Crippen molar-refractivity contribution < 1.29 is 18.0 Å². The van der Waals surface area contributed by atoms with Crippen molar-refractivity contribution in [2.45, 2.75) is 45.7 Å². The minimum atomic E-state index is -3.73. The lowest BCUT2D eigenvalue weighted by Gasteiger charge is -2.33. The first kappa shape index (κ1) is 26.7. The predicted octanol–water partition coefficient (Wildman–Crippen LogP) is 3.83. The van der Waals surface area contributed by atoms with Gasteiger partial charge >= 0.3 is 0 Å². The van der Waals surface area contributed by atoms with Gasteiger partial charge < -0.3 is 10.2 Å². The Morgan fingerprint density at radius 1 is 1.03 bits per heavy atom. The van der Waals surface area contributed by atoms with Crippen LogP contribution in [0.1, 0.15) is 38.7 Å². The van der Waals surface area contributed by atoms with Gasteiger partial charge in [0.05, 0.1) is 11.9 Å². The summed E-state index contributed by atoms with van der Waals surface area (Å²) < 4.78 is 26.1. The van der Waals surface area contributed by atoms with E-state index in [4.69, 9.17) is 11.6 Å². The fourth-order valence-corrected chi connectivity index (χ4v) is 4.40. The van der Waals surface area contributed by atoms with E-state index >= 15 is 0 Å². The molecule has 0 aromatic heterocycles. The monoisotopic (exact) mass is 493 g/mol. The van der Waals surface area contributed by atoms with E-state index in [9.17, 15) is 18.0 Å². The minimum absolute atomic E-state index is 0.155. The van der Waals surface area contributed by atoms with Crippen LogP contribution in [0.2, 0.25) is 5.02 Å². The second-order valence-corrected chi connectivity index (χ2v) is 10.2. The van der Waals surface area contributed by atoms with Crippen LogP contribution in [0.15, 0.2) is 54.6 Å². The van der Waals surface area contributed by atoms with Gasteiger partial charge in [-0.2, -0.15) is 0 Å². The van der Waals surface area contributed by atoms with E-state index in [-0.39, 0.29) is 12.5 Å². The fourth-order valence-electron chi connectivity index (χ4n) is 3.42. The second kappa shape index (κ2) is 12.6. The Hall–Kier alpha value is -2.58. The van der Waals surface area contributed by atoms with Crippen molar-refractivity contribution >= 4 is 39.1 Å². The third-order valence-corrected chi connectivity index (χ3v) is 6.60. The lowest BCUT2D eigenvalue weighted by Crippen LogP contribution is -2.52. The number of unbranched alkanes of at least 4 members (excludes halogenated alkanes) is 1. The molecule has 180 valence electrons. The number of rotatable bonds is 12. The number of anilines is 1. The van der Waals surface area contributed by atoms with Gasteiger partial charge in [0, 0.05) is 18.1 Å². The Labute approximate surface area is 201 Å². The van der Waals surface area contributed by atoms with Gasteiger partial charge in [0.1, 0.15) is 12.6 Å². The number of benzene rings is 2. The molecule has 7 nitrogen and oxygen atoms in total. The molecule has 0 aliphatic heterocycles. The van der Waals surface area contributed by atoms with Crippen molar-refractivity contribution in [3.8, 4) is 0 Å². The molecule has 2 aromatic carbocycles. The highest BCUT2D eigenvalue weighted by molar-refractivity contribution is 7.92. The number of sulfonamides is 1. The molecule has 0 aliphatic rings. The van der Waals surface area contributed by atoms with Crippen molar-refractivity contribution in [1.82, 2.24) is 10.2 Å². The topological polar surface area (TPSA) is 86.8 Å². The molecule has 33 heavy (non-hydrogen) atoms. The average Bonchev–Trinajstić information content (AvgIpc) is 2.78. The van der Waals surface area contributed by atoms with Gasteiger partial charge in [0.25, 0.3) is 0 Å². The molecule has 0 aliphatic carbocycles. The van der Waals surface area contributed by atoms with Crippen LogP contribution in [0.3, 0.4) is 0 Å². The molecule has 2 amide bonds. The minimum Gasteiger partial charge on any atom is -0.354 e. The largest absolute Gasteiger partial charge is 0.354 e. The van der Waals surface area contributed by atoms with E-state index in [1.807, 2.05) is 13.8 Å². The zero-order valence-corrected chi connectivity index (χ0v) is 20.9. The van der Waals surface area contributed by atoms with Gasteiger partial charge in [-0.1, -0.05) is 62.2 Å². The standard InChI is InChI=1S/C24H32ClN3O4S/c1-4-6-16-26-24(30)22(5-2)27(17-19-12-14-20(25)15-13-19)23(29)18-28(33(3,31)32)21-10-8-7-9-11-21/h7-15,22H,4-6,16-18H2,1-3H3,(H,26,30)/t22-/m0/s1. The number of amides is 2. The third kappa shape index (κ3) is 8.05. The molecular formula is C24H32ClN3O4S. The zero-order chi connectivity index (χ0) is 24.4. The normalized spacial score (nSPS) is 12.1. The summed E-state index contributed by atoms with van der Waals surface area (Å²) in [7, 11) is -3.73. The molecule has 0 unspecified atom stereocenters. The van der Waals surface area contributed by atoms with Crippen LogP contribution in [0.5, 0.6) is 0 Å². The van der Waals surface area contributed by atoms with Crippen molar-refractivity contribution in [2.24, 2.45) is 0 Å². The summed E-state index contributed by atoms with van der Waals surface area (Å²) >= 11 is 5.99. The van der Waals surface area contributed by atoms with Gasteiger partial charge in [0.2, 0.25) is 21.8 Å². The molecule has 0 heterocycles. The molecule has 0 saturated heterocycles. The summed E-state index contributed by atoms with van der Waals surface area (Å²) in [5.41, 5.74) is 1.18. The molecule has 1 atom stereocenters. The number of carbonyl (C=O) groups excluding carboxylic acids is 2. The molecule has 1 N–H and O–H groups in total. The Morgan fingerprint density at radius 3 is 2.21 bits per heavy atom. The van der Waals surface area contributed by atoms with Crippen LogP contribution in [-0.4, -0.2) is 50.5 Å². The number of carbonyl (C=O) groups is 2. The van der Waals surface area contributed by atoms with Crippen molar-refractivity contribution in [3.05, 3.63) is 65.2 Å². The van der Waals surface area contributed by atoms with Gasteiger partial charge in [-0.15, -0.1) is 0 Å². The molecule has 0 spiro atoms. The van der Waals surface area contributed by atoms with Crippen molar-refractivity contribution in [1.29, 1.82) is 0 Å². The summed E-state index contributed by atoms with van der Waals surface area (Å²) in [6, 6.07) is 14.7. The van der Waals surface area contributed by atoms with Crippen LogP contribution in [-0.2, 0) is 26.2 Å². The van der Waals surface area contributed by atoms with Crippen molar-refractivity contribution in [3.63, 3.8) is 0 Å². The zero-order valence-electron chi connectivity index (χ0n) is 19.3. The van der Waals surface area contributed by atoms with Crippen LogP contribution >= 0.6 is 11.6 Å². The van der Waals surface area contributed by atoms with Gasteiger partial charge in [0.15, 0.2) is 0 Å². The smallest absolute Gasteiger partial charge is 0.244 e. The van der Waals surface area contributed by atoms with E-state index < -0.39 is 28.5 Å². The first-order valence-electron chi connectivity index (χ1n) is 11.0. The summed E-state index contributed by atoms with van der Waals surface area (Å²) in [6.45, 7) is 4.13. The van der Waals surface area contributed by atoms with E-state index in [0.29, 0.717) is 23.7 Å². The lowest BCUT2D eigenvalue weighted by molar-refractivity contribution is -0.140. The quantitative estimate of drug-likeness (QED) is 0.455. The first-order valence-corrected chi connectivity index (χ1v) is 13.2. The maximum atomic E-state index is 13.5. The molecule has 2 aromatic rings. The molecule has 9 heteroatoms. The molecule has 0 saturated carbocycles. The first-order chi connectivity index (χ1) is 15.7. The van der Waals surface area contributed by atoms with Gasteiger partial charge in [-0.25, -0.2) is 8.42 Å².